The van der Waals surface area contributed by atoms with Crippen molar-refractivity contribution in [2.45, 2.75) is 0 Å². The average Bonchev–Trinajstić information content (AvgIpc) is 3.16. The quantitative estimate of drug-likeness (QED) is 0.439. The predicted molar refractivity (Wildman–Crippen MR) is 99.3 cm³/mol. The van der Waals surface area contributed by atoms with Gasteiger partial charge < -0.3 is 9.72 Å². The van der Waals surface area contributed by atoms with E-state index in [9.17, 15) is 9.59 Å². The molecule has 1 N–H and O–H groups in total. The number of fused-ring (bicyclic) bond motifs is 1. The van der Waals surface area contributed by atoms with Gasteiger partial charge in [0, 0.05) is 11.6 Å². The van der Waals surface area contributed by atoms with E-state index in [-0.39, 0.29) is 11.5 Å². The van der Waals surface area contributed by atoms with Gasteiger partial charge in [-0.15, -0.1) is 11.3 Å². The lowest BCUT2D eigenvalue weighted by atomic mass is 10.0. The summed E-state index contributed by atoms with van der Waals surface area (Å²) in [6.45, 7) is 0. The molecule has 5 heteroatoms. The molecule has 0 unspecified atom stereocenters. The molecule has 122 valence electrons. The number of rotatable bonds is 3. The molecule has 0 saturated carbocycles. The van der Waals surface area contributed by atoms with Crippen molar-refractivity contribution in [2.24, 2.45) is 0 Å². The van der Waals surface area contributed by atoms with Crippen LogP contribution in [0.5, 0.6) is 5.75 Å². The van der Waals surface area contributed by atoms with Gasteiger partial charge in [0.1, 0.15) is 10.6 Å². The number of benzene rings is 2. The third kappa shape index (κ3) is 3.22. The van der Waals surface area contributed by atoms with E-state index in [1.54, 1.807) is 18.2 Å². The molecule has 4 aromatic rings. The molecule has 0 spiro atoms. The first-order valence-corrected chi connectivity index (χ1v) is 8.56. The molecule has 0 aliphatic heterocycles. The van der Waals surface area contributed by atoms with Gasteiger partial charge in [0.05, 0.1) is 0 Å². The Morgan fingerprint density at radius 1 is 0.920 bits per heavy atom. The summed E-state index contributed by atoms with van der Waals surface area (Å²) >= 11 is 1.35. The third-order valence-electron chi connectivity index (χ3n) is 3.82. The maximum Gasteiger partial charge on any atom is 0.353 e. The maximum absolute atomic E-state index is 12.1. The van der Waals surface area contributed by atoms with Crippen LogP contribution >= 0.6 is 11.3 Å². The maximum atomic E-state index is 12.1. The number of nitrogens with one attached hydrogen (secondary N) is 1. The summed E-state index contributed by atoms with van der Waals surface area (Å²) in [5, 5.41) is 2.78. The summed E-state index contributed by atoms with van der Waals surface area (Å²) in [5.41, 5.74) is 2.58. The van der Waals surface area contributed by atoms with Crippen LogP contribution in [-0.4, -0.2) is 11.0 Å². The molecule has 0 aliphatic carbocycles. The van der Waals surface area contributed by atoms with Crippen LogP contribution in [0.3, 0.4) is 0 Å². The Hall–Kier alpha value is -3.18. The van der Waals surface area contributed by atoms with Crippen molar-refractivity contribution < 1.29 is 9.53 Å². The molecule has 0 radical (unpaired) electrons. The van der Waals surface area contributed by atoms with Gasteiger partial charge in [-0.2, -0.15) is 0 Å². The fraction of sp³-hybridized carbons (Fsp3) is 0. The Bertz CT molecular complexity index is 1110. The Kier molecular flexibility index (Phi) is 3.91. The SMILES string of the molecule is O=C(Oc1cccc(-c2ccc3[nH]c(=O)ccc3c2)c1)c1cccs1. The standard InChI is InChI=1S/C20H13NO3S/c22-19-9-7-15-11-14(6-8-17(15)21-19)13-3-1-4-16(12-13)24-20(23)18-5-2-10-25-18/h1-12H,(H,21,22). The number of H-pyrrole nitrogens is 1. The van der Waals surface area contributed by atoms with E-state index in [1.807, 2.05) is 47.8 Å². The lowest BCUT2D eigenvalue weighted by molar-refractivity contribution is 0.0740. The molecule has 4 rings (SSSR count). The Morgan fingerprint density at radius 2 is 1.80 bits per heavy atom. The van der Waals surface area contributed by atoms with Gasteiger partial charge in [-0.3, -0.25) is 4.79 Å². The van der Waals surface area contributed by atoms with Crippen LogP contribution in [0.1, 0.15) is 9.67 Å². The van der Waals surface area contributed by atoms with Gasteiger partial charge in [0.25, 0.3) is 0 Å². The van der Waals surface area contributed by atoms with E-state index < -0.39 is 0 Å². The van der Waals surface area contributed by atoms with E-state index >= 15 is 0 Å². The van der Waals surface area contributed by atoms with E-state index in [2.05, 4.69) is 4.98 Å². The van der Waals surface area contributed by atoms with Crippen LogP contribution in [0, 0.1) is 0 Å². The smallest absolute Gasteiger partial charge is 0.353 e. The average molecular weight is 347 g/mol. The molecule has 0 bridgehead atoms. The number of hydrogen-bond donors (Lipinski definition) is 1. The second kappa shape index (κ2) is 6.37. The van der Waals surface area contributed by atoms with E-state index in [1.165, 1.54) is 17.4 Å². The van der Waals surface area contributed by atoms with Crippen LogP contribution in [0.15, 0.2) is 76.9 Å². The fourth-order valence-electron chi connectivity index (χ4n) is 2.63. The molecule has 0 atom stereocenters. The summed E-state index contributed by atoms with van der Waals surface area (Å²) in [6, 6.07) is 20.0. The minimum absolute atomic E-state index is 0.122. The van der Waals surface area contributed by atoms with Crippen molar-refractivity contribution in [2.75, 3.05) is 0 Å². The van der Waals surface area contributed by atoms with Crippen LogP contribution < -0.4 is 10.3 Å². The molecule has 2 aromatic heterocycles. The first kappa shape index (κ1) is 15.4. The third-order valence-corrected chi connectivity index (χ3v) is 4.67. The van der Waals surface area contributed by atoms with E-state index in [0.29, 0.717) is 10.6 Å². The molecule has 4 nitrogen and oxygen atoms in total. The highest BCUT2D eigenvalue weighted by Gasteiger charge is 2.10. The van der Waals surface area contributed by atoms with E-state index in [4.69, 9.17) is 4.74 Å². The first-order valence-electron chi connectivity index (χ1n) is 7.68. The summed E-state index contributed by atoms with van der Waals surface area (Å²) in [7, 11) is 0. The second-order valence-corrected chi connectivity index (χ2v) is 6.47. The van der Waals surface area contributed by atoms with Crippen LogP contribution in [-0.2, 0) is 0 Å². The minimum atomic E-state index is -0.358. The zero-order chi connectivity index (χ0) is 17.2. The van der Waals surface area contributed by atoms with Crippen molar-refractivity contribution >= 4 is 28.2 Å². The number of thiophene rings is 1. The fourth-order valence-corrected chi connectivity index (χ4v) is 3.22. The number of aromatic nitrogens is 1. The first-order chi connectivity index (χ1) is 12.2. The molecular weight excluding hydrogens is 334 g/mol. The second-order valence-electron chi connectivity index (χ2n) is 5.52. The normalized spacial score (nSPS) is 10.7. The van der Waals surface area contributed by atoms with Crippen LogP contribution in [0.4, 0.5) is 0 Å². The lowest BCUT2D eigenvalue weighted by Crippen LogP contribution is -2.06. The number of carbonyl (C=O) groups excluding carboxylic acids is 1. The van der Waals surface area contributed by atoms with Crippen LogP contribution in [0.25, 0.3) is 22.0 Å². The molecule has 0 aliphatic rings. The van der Waals surface area contributed by atoms with Gasteiger partial charge in [0.15, 0.2) is 0 Å². The number of hydrogen-bond acceptors (Lipinski definition) is 4. The number of carbonyl (C=O) groups is 1. The predicted octanol–water partition coefficient (Wildman–Crippen LogP) is 4.48. The van der Waals surface area contributed by atoms with Gasteiger partial charge in [0.2, 0.25) is 5.56 Å². The van der Waals surface area contributed by atoms with Crippen molar-refractivity contribution in [3.05, 3.63) is 87.3 Å². The Labute approximate surface area is 147 Å². The summed E-state index contributed by atoms with van der Waals surface area (Å²) in [5.74, 6) is 0.140. The van der Waals surface area contributed by atoms with Crippen LogP contribution in [0.2, 0.25) is 0 Å². The van der Waals surface area contributed by atoms with Gasteiger partial charge >= 0.3 is 5.97 Å². The van der Waals surface area contributed by atoms with Crippen molar-refractivity contribution in [3.8, 4) is 16.9 Å². The van der Waals surface area contributed by atoms with Crippen molar-refractivity contribution in [1.29, 1.82) is 0 Å². The van der Waals surface area contributed by atoms with Crippen molar-refractivity contribution in [1.82, 2.24) is 4.98 Å². The Morgan fingerprint density at radius 3 is 2.64 bits per heavy atom. The highest BCUT2D eigenvalue weighted by Crippen LogP contribution is 2.27. The number of ether oxygens (including phenoxy) is 1. The van der Waals surface area contributed by atoms with Gasteiger partial charge in [-0.05, 0) is 58.3 Å². The molecule has 2 heterocycles. The molecule has 2 aromatic carbocycles. The van der Waals surface area contributed by atoms with E-state index in [0.717, 1.165) is 22.0 Å². The summed E-state index contributed by atoms with van der Waals surface area (Å²) < 4.78 is 5.45. The molecular formula is C20H13NO3S. The summed E-state index contributed by atoms with van der Waals surface area (Å²) in [6.07, 6.45) is 0. The zero-order valence-electron chi connectivity index (χ0n) is 13.1. The molecule has 0 saturated heterocycles. The van der Waals surface area contributed by atoms with Gasteiger partial charge in [-0.1, -0.05) is 24.3 Å². The number of pyridine rings is 1. The molecule has 0 fully saturated rings. The highest BCUT2D eigenvalue weighted by atomic mass is 32.1. The van der Waals surface area contributed by atoms with Gasteiger partial charge in [-0.25, -0.2) is 4.79 Å². The summed E-state index contributed by atoms with van der Waals surface area (Å²) in [4.78, 5) is 26.8. The molecule has 0 amide bonds. The highest BCUT2D eigenvalue weighted by molar-refractivity contribution is 7.12. The molecule has 25 heavy (non-hydrogen) atoms. The largest absolute Gasteiger partial charge is 0.422 e. The topological polar surface area (TPSA) is 59.2 Å². The van der Waals surface area contributed by atoms with Crippen molar-refractivity contribution in [3.63, 3.8) is 0 Å². The monoisotopic (exact) mass is 347 g/mol. The number of esters is 1. The zero-order valence-corrected chi connectivity index (χ0v) is 13.9. The Balaban J connectivity index is 1.66. The lowest BCUT2D eigenvalue weighted by Gasteiger charge is -2.07. The number of aromatic amines is 1. The minimum Gasteiger partial charge on any atom is -0.422 e.